The van der Waals surface area contributed by atoms with Gasteiger partial charge in [0.15, 0.2) is 0 Å². The van der Waals surface area contributed by atoms with E-state index >= 15 is 0 Å². The van der Waals surface area contributed by atoms with Crippen LogP contribution in [0.5, 0.6) is 0 Å². The fourth-order valence-corrected chi connectivity index (χ4v) is 2.90. The molecule has 3 aromatic rings. The van der Waals surface area contributed by atoms with Crippen molar-refractivity contribution in [2.75, 3.05) is 5.32 Å². The summed E-state index contributed by atoms with van der Waals surface area (Å²) in [5.41, 5.74) is 5.12. The van der Waals surface area contributed by atoms with E-state index < -0.39 is 0 Å². The maximum absolute atomic E-state index is 12.5. The molecule has 0 saturated heterocycles. The van der Waals surface area contributed by atoms with Crippen molar-refractivity contribution in [3.05, 3.63) is 101 Å². The number of nitrogens with one attached hydrogen (secondary N) is 2. The molecule has 0 aliphatic heterocycles. The molecule has 0 aliphatic rings. The largest absolute Gasteiger partial charge is 0.346 e. The maximum Gasteiger partial charge on any atom is 0.255 e. The Balaban J connectivity index is 1.64. The summed E-state index contributed by atoms with van der Waals surface area (Å²) in [7, 11) is 0. The zero-order chi connectivity index (χ0) is 20.1. The van der Waals surface area contributed by atoms with E-state index in [1.165, 1.54) is 5.56 Å². The molecule has 0 aliphatic carbocycles. The standard InChI is InChI=1S/C24H24N2O2/c1-16-9-14-22(15-17(16)2)26-24(28)21-12-10-20(11-13-21)23(27)25-18(3)19-7-5-4-6-8-19/h4-15,18H,1-3H3,(H,25,27)(H,26,28). The van der Waals surface area contributed by atoms with E-state index in [4.69, 9.17) is 0 Å². The van der Waals surface area contributed by atoms with Gasteiger partial charge in [-0.15, -0.1) is 0 Å². The molecule has 0 fully saturated rings. The summed E-state index contributed by atoms with van der Waals surface area (Å²) >= 11 is 0. The molecule has 3 rings (SSSR count). The van der Waals surface area contributed by atoms with Gasteiger partial charge in [0.1, 0.15) is 0 Å². The smallest absolute Gasteiger partial charge is 0.255 e. The summed E-state index contributed by atoms with van der Waals surface area (Å²) in [5.74, 6) is -0.370. The Kier molecular flexibility index (Phi) is 5.90. The maximum atomic E-state index is 12.5. The Morgan fingerprint density at radius 1 is 0.750 bits per heavy atom. The van der Waals surface area contributed by atoms with Crippen LogP contribution in [0.3, 0.4) is 0 Å². The highest BCUT2D eigenvalue weighted by Crippen LogP contribution is 2.16. The Morgan fingerprint density at radius 2 is 1.36 bits per heavy atom. The summed E-state index contributed by atoms with van der Waals surface area (Å²) in [6.07, 6.45) is 0. The molecule has 1 atom stereocenters. The number of carbonyl (C=O) groups is 2. The monoisotopic (exact) mass is 372 g/mol. The quantitative estimate of drug-likeness (QED) is 0.659. The lowest BCUT2D eigenvalue weighted by molar-refractivity contribution is 0.0938. The van der Waals surface area contributed by atoms with Crippen LogP contribution in [0.4, 0.5) is 5.69 Å². The molecule has 4 nitrogen and oxygen atoms in total. The normalized spacial score (nSPS) is 11.5. The average molecular weight is 372 g/mol. The molecule has 3 aromatic carbocycles. The van der Waals surface area contributed by atoms with Crippen molar-refractivity contribution in [3.8, 4) is 0 Å². The first kappa shape index (κ1) is 19.4. The van der Waals surface area contributed by atoms with Gasteiger partial charge in [0, 0.05) is 16.8 Å². The predicted octanol–water partition coefficient (Wildman–Crippen LogP) is 5.05. The van der Waals surface area contributed by atoms with E-state index in [0.717, 1.165) is 16.8 Å². The Morgan fingerprint density at radius 3 is 1.96 bits per heavy atom. The molecule has 0 spiro atoms. The molecule has 0 radical (unpaired) electrons. The minimum Gasteiger partial charge on any atom is -0.346 e. The summed E-state index contributed by atoms with van der Waals surface area (Å²) in [6, 6.07) is 22.2. The van der Waals surface area contributed by atoms with E-state index in [1.54, 1.807) is 24.3 Å². The molecular weight excluding hydrogens is 348 g/mol. The van der Waals surface area contributed by atoms with Crippen molar-refractivity contribution in [2.24, 2.45) is 0 Å². The zero-order valence-electron chi connectivity index (χ0n) is 16.3. The van der Waals surface area contributed by atoms with Crippen LogP contribution in [-0.2, 0) is 0 Å². The second-order valence-corrected chi connectivity index (χ2v) is 6.94. The number of aryl methyl sites for hydroxylation is 2. The number of hydrogen-bond acceptors (Lipinski definition) is 2. The molecule has 0 heterocycles. The van der Waals surface area contributed by atoms with Crippen molar-refractivity contribution in [1.82, 2.24) is 5.32 Å². The van der Waals surface area contributed by atoms with Crippen molar-refractivity contribution >= 4 is 17.5 Å². The Labute approximate surface area is 165 Å². The molecule has 2 amide bonds. The van der Waals surface area contributed by atoms with Crippen LogP contribution >= 0.6 is 0 Å². The zero-order valence-corrected chi connectivity index (χ0v) is 16.3. The van der Waals surface area contributed by atoms with E-state index in [-0.39, 0.29) is 17.9 Å². The van der Waals surface area contributed by atoms with Gasteiger partial charge in [-0.3, -0.25) is 9.59 Å². The van der Waals surface area contributed by atoms with Crippen LogP contribution in [0.15, 0.2) is 72.8 Å². The summed E-state index contributed by atoms with van der Waals surface area (Å²) in [6.45, 7) is 5.98. The predicted molar refractivity (Wildman–Crippen MR) is 113 cm³/mol. The number of benzene rings is 3. The number of rotatable bonds is 5. The topological polar surface area (TPSA) is 58.2 Å². The molecule has 0 bridgehead atoms. The van der Waals surface area contributed by atoms with Gasteiger partial charge in [0.2, 0.25) is 0 Å². The second-order valence-electron chi connectivity index (χ2n) is 6.94. The molecule has 2 N–H and O–H groups in total. The van der Waals surface area contributed by atoms with Crippen LogP contribution in [0, 0.1) is 13.8 Å². The SMILES string of the molecule is Cc1ccc(NC(=O)c2ccc(C(=O)NC(C)c3ccccc3)cc2)cc1C. The van der Waals surface area contributed by atoms with Gasteiger partial charge in [-0.1, -0.05) is 36.4 Å². The van der Waals surface area contributed by atoms with Crippen LogP contribution < -0.4 is 10.6 Å². The lowest BCUT2D eigenvalue weighted by atomic mass is 10.1. The first-order valence-corrected chi connectivity index (χ1v) is 9.28. The third kappa shape index (κ3) is 4.65. The van der Waals surface area contributed by atoms with Gasteiger partial charge in [-0.2, -0.15) is 0 Å². The minimum atomic E-state index is -0.201. The van der Waals surface area contributed by atoms with E-state index in [1.807, 2.05) is 69.3 Å². The average Bonchev–Trinajstić information content (AvgIpc) is 2.71. The van der Waals surface area contributed by atoms with Gasteiger partial charge >= 0.3 is 0 Å². The molecule has 28 heavy (non-hydrogen) atoms. The number of carbonyl (C=O) groups excluding carboxylic acids is 2. The van der Waals surface area contributed by atoms with Gasteiger partial charge in [0.25, 0.3) is 11.8 Å². The number of hydrogen-bond donors (Lipinski definition) is 2. The lowest BCUT2D eigenvalue weighted by Gasteiger charge is -2.14. The van der Waals surface area contributed by atoms with Crippen molar-refractivity contribution in [3.63, 3.8) is 0 Å². The van der Waals surface area contributed by atoms with Crippen LogP contribution in [0.25, 0.3) is 0 Å². The van der Waals surface area contributed by atoms with Gasteiger partial charge in [0.05, 0.1) is 6.04 Å². The van der Waals surface area contributed by atoms with Crippen molar-refractivity contribution in [1.29, 1.82) is 0 Å². The highest BCUT2D eigenvalue weighted by Gasteiger charge is 2.13. The molecule has 0 aromatic heterocycles. The lowest BCUT2D eigenvalue weighted by Crippen LogP contribution is -2.26. The summed E-state index contributed by atoms with van der Waals surface area (Å²) in [4.78, 5) is 24.9. The highest BCUT2D eigenvalue weighted by molar-refractivity contribution is 6.05. The Hall–Kier alpha value is -3.40. The molecule has 4 heteroatoms. The highest BCUT2D eigenvalue weighted by atomic mass is 16.2. The molecule has 1 unspecified atom stereocenters. The van der Waals surface area contributed by atoms with Crippen molar-refractivity contribution in [2.45, 2.75) is 26.8 Å². The van der Waals surface area contributed by atoms with E-state index in [9.17, 15) is 9.59 Å². The van der Waals surface area contributed by atoms with Crippen LogP contribution in [-0.4, -0.2) is 11.8 Å². The molecule has 0 saturated carbocycles. The van der Waals surface area contributed by atoms with Crippen LogP contribution in [0.1, 0.15) is 50.4 Å². The first-order chi connectivity index (χ1) is 13.4. The minimum absolute atomic E-state index is 0.0959. The second kappa shape index (κ2) is 8.53. The first-order valence-electron chi connectivity index (χ1n) is 9.28. The van der Waals surface area contributed by atoms with E-state index in [2.05, 4.69) is 10.6 Å². The fraction of sp³-hybridized carbons (Fsp3) is 0.167. The molecular formula is C24H24N2O2. The van der Waals surface area contributed by atoms with Gasteiger partial charge in [-0.25, -0.2) is 0 Å². The number of amides is 2. The number of anilines is 1. The van der Waals surface area contributed by atoms with E-state index in [0.29, 0.717) is 11.1 Å². The summed E-state index contributed by atoms with van der Waals surface area (Å²) < 4.78 is 0. The summed E-state index contributed by atoms with van der Waals surface area (Å²) in [5, 5.41) is 5.86. The fourth-order valence-electron chi connectivity index (χ4n) is 2.90. The third-order valence-electron chi connectivity index (χ3n) is 4.82. The van der Waals surface area contributed by atoms with Gasteiger partial charge in [-0.05, 0) is 73.9 Å². The molecule has 142 valence electrons. The van der Waals surface area contributed by atoms with Crippen LogP contribution in [0.2, 0.25) is 0 Å². The van der Waals surface area contributed by atoms with Gasteiger partial charge < -0.3 is 10.6 Å². The van der Waals surface area contributed by atoms with Crippen molar-refractivity contribution < 1.29 is 9.59 Å². The third-order valence-corrected chi connectivity index (χ3v) is 4.82. The Bertz CT molecular complexity index is 979.